The zero-order valence-corrected chi connectivity index (χ0v) is 6.27. The SMILES string of the molecule is Nc1cnoc1-c1ccncc1. The molecule has 0 saturated heterocycles. The second-order valence-corrected chi connectivity index (χ2v) is 2.35. The third kappa shape index (κ3) is 1.03. The molecule has 0 unspecified atom stereocenters. The Morgan fingerprint density at radius 3 is 2.58 bits per heavy atom. The third-order valence-electron chi connectivity index (χ3n) is 1.54. The maximum absolute atomic E-state index is 5.60. The van der Waals surface area contributed by atoms with Crippen molar-refractivity contribution in [2.45, 2.75) is 0 Å². The smallest absolute Gasteiger partial charge is 0.189 e. The fourth-order valence-corrected chi connectivity index (χ4v) is 0.970. The van der Waals surface area contributed by atoms with Crippen LogP contribution in [0.2, 0.25) is 0 Å². The zero-order valence-electron chi connectivity index (χ0n) is 6.27. The van der Waals surface area contributed by atoms with Gasteiger partial charge in [-0.05, 0) is 12.1 Å². The molecule has 4 heteroatoms. The van der Waals surface area contributed by atoms with Gasteiger partial charge in [-0.15, -0.1) is 0 Å². The van der Waals surface area contributed by atoms with Gasteiger partial charge in [-0.2, -0.15) is 0 Å². The van der Waals surface area contributed by atoms with Crippen molar-refractivity contribution in [3.63, 3.8) is 0 Å². The molecule has 2 aromatic heterocycles. The molecule has 4 nitrogen and oxygen atoms in total. The number of nitrogens with zero attached hydrogens (tertiary/aromatic N) is 2. The zero-order chi connectivity index (χ0) is 8.39. The molecule has 0 saturated carbocycles. The van der Waals surface area contributed by atoms with E-state index in [0.29, 0.717) is 11.4 Å². The second-order valence-electron chi connectivity index (χ2n) is 2.35. The van der Waals surface area contributed by atoms with Gasteiger partial charge in [0.05, 0.1) is 6.20 Å². The Bertz CT molecular complexity index is 369. The lowest BCUT2D eigenvalue weighted by molar-refractivity contribution is 0.432. The van der Waals surface area contributed by atoms with Gasteiger partial charge in [-0.1, -0.05) is 5.16 Å². The van der Waals surface area contributed by atoms with Crippen LogP contribution in [-0.2, 0) is 0 Å². The van der Waals surface area contributed by atoms with Crippen LogP contribution in [0.15, 0.2) is 35.2 Å². The number of aromatic nitrogens is 2. The molecule has 0 fully saturated rings. The topological polar surface area (TPSA) is 64.9 Å². The molecule has 0 aliphatic rings. The average molecular weight is 161 g/mol. The molecule has 0 aromatic carbocycles. The summed E-state index contributed by atoms with van der Waals surface area (Å²) >= 11 is 0. The van der Waals surface area contributed by atoms with Gasteiger partial charge in [0.25, 0.3) is 0 Å². The lowest BCUT2D eigenvalue weighted by Crippen LogP contribution is -1.84. The minimum Gasteiger partial charge on any atom is -0.394 e. The van der Waals surface area contributed by atoms with Crippen LogP contribution in [0.3, 0.4) is 0 Å². The fourth-order valence-electron chi connectivity index (χ4n) is 0.970. The van der Waals surface area contributed by atoms with E-state index in [9.17, 15) is 0 Å². The fraction of sp³-hybridized carbons (Fsp3) is 0. The summed E-state index contributed by atoms with van der Waals surface area (Å²) in [6.45, 7) is 0. The lowest BCUT2D eigenvalue weighted by atomic mass is 10.2. The standard InChI is InChI=1S/C8H7N3O/c9-7-5-11-12-8(7)6-1-3-10-4-2-6/h1-5H,9H2. The molecular weight excluding hydrogens is 154 g/mol. The van der Waals surface area contributed by atoms with Crippen LogP contribution in [0.25, 0.3) is 11.3 Å². The molecule has 0 aliphatic carbocycles. The molecule has 2 aromatic rings. The first-order valence-electron chi connectivity index (χ1n) is 3.48. The number of hydrogen-bond acceptors (Lipinski definition) is 4. The summed E-state index contributed by atoms with van der Waals surface area (Å²) in [6.07, 6.45) is 4.84. The van der Waals surface area contributed by atoms with E-state index >= 15 is 0 Å². The molecule has 0 aliphatic heterocycles. The molecule has 2 N–H and O–H groups in total. The highest BCUT2D eigenvalue weighted by atomic mass is 16.5. The minimum atomic E-state index is 0.543. The van der Waals surface area contributed by atoms with Gasteiger partial charge < -0.3 is 10.3 Å². The quantitative estimate of drug-likeness (QED) is 0.685. The summed E-state index contributed by atoms with van der Waals surface area (Å²) in [5, 5.41) is 3.58. The van der Waals surface area contributed by atoms with Crippen LogP contribution in [0.1, 0.15) is 0 Å². The monoisotopic (exact) mass is 161 g/mol. The van der Waals surface area contributed by atoms with Crippen LogP contribution < -0.4 is 5.73 Å². The summed E-state index contributed by atoms with van der Waals surface area (Å²) in [7, 11) is 0. The number of pyridine rings is 1. The predicted octanol–water partition coefficient (Wildman–Crippen LogP) is 1.32. The number of nitrogen functional groups attached to an aromatic ring is 1. The van der Waals surface area contributed by atoms with Crippen molar-refractivity contribution in [1.82, 2.24) is 10.1 Å². The van der Waals surface area contributed by atoms with Crippen LogP contribution >= 0.6 is 0 Å². The Kier molecular flexibility index (Phi) is 1.51. The minimum absolute atomic E-state index is 0.543. The Labute approximate surface area is 69.0 Å². The summed E-state index contributed by atoms with van der Waals surface area (Å²) in [6, 6.07) is 3.63. The maximum Gasteiger partial charge on any atom is 0.189 e. The van der Waals surface area contributed by atoms with Gasteiger partial charge in [0, 0.05) is 18.0 Å². The van der Waals surface area contributed by atoms with E-state index < -0.39 is 0 Å². The predicted molar refractivity (Wildman–Crippen MR) is 44.1 cm³/mol. The normalized spacial score (nSPS) is 10.0. The molecular formula is C8H7N3O. The molecule has 2 rings (SSSR count). The second kappa shape index (κ2) is 2.65. The van der Waals surface area contributed by atoms with Crippen molar-refractivity contribution in [1.29, 1.82) is 0 Å². The van der Waals surface area contributed by atoms with E-state index in [1.807, 2.05) is 12.1 Å². The highest BCUT2D eigenvalue weighted by Crippen LogP contribution is 2.23. The number of anilines is 1. The molecule has 12 heavy (non-hydrogen) atoms. The molecule has 0 bridgehead atoms. The van der Waals surface area contributed by atoms with Crippen molar-refractivity contribution in [2.24, 2.45) is 0 Å². The summed E-state index contributed by atoms with van der Waals surface area (Å²) < 4.78 is 4.95. The Hall–Kier alpha value is -1.84. The highest BCUT2D eigenvalue weighted by Gasteiger charge is 2.05. The van der Waals surface area contributed by atoms with Crippen LogP contribution in [-0.4, -0.2) is 10.1 Å². The number of hydrogen-bond donors (Lipinski definition) is 1. The lowest BCUT2D eigenvalue weighted by Gasteiger charge is -1.93. The van der Waals surface area contributed by atoms with Gasteiger partial charge >= 0.3 is 0 Å². The molecule has 0 atom stereocenters. The largest absolute Gasteiger partial charge is 0.394 e. The van der Waals surface area contributed by atoms with Crippen molar-refractivity contribution in [2.75, 3.05) is 5.73 Å². The van der Waals surface area contributed by atoms with Crippen molar-refractivity contribution in [3.8, 4) is 11.3 Å². The molecule has 0 amide bonds. The van der Waals surface area contributed by atoms with Crippen LogP contribution in [0.5, 0.6) is 0 Å². The average Bonchev–Trinajstić information content (AvgIpc) is 2.53. The molecule has 60 valence electrons. The Morgan fingerprint density at radius 2 is 2.00 bits per heavy atom. The van der Waals surface area contributed by atoms with E-state index in [-0.39, 0.29) is 0 Å². The number of rotatable bonds is 1. The molecule has 0 spiro atoms. The molecule has 0 radical (unpaired) electrons. The Balaban J connectivity index is 2.51. The maximum atomic E-state index is 5.60. The van der Waals surface area contributed by atoms with Crippen molar-refractivity contribution < 1.29 is 4.52 Å². The first-order chi connectivity index (χ1) is 5.88. The Morgan fingerprint density at radius 1 is 1.25 bits per heavy atom. The van der Waals surface area contributed by atoms with Gasteiger partial charge in [0.15, 0.2) is 5.76 Å². The van der Waals surface area contributed by atoms with Crippen LogP contribution in [0.4, 0.5) is 5.69 Å². The van der Waals surface area contributed by atoms with Gasteiger partial charge in [-0.3, -0.25) is 4.98 Å². The summed E-state index contributed by atoms with van der Waals surface area (Å²) in [5.41, 5.74) is 7.03. The van der Waals surface area contributed by atoms with E-state index in [1.54, 1.807) is 12.4 Å². The van der Waals surface area contributed by atoms with Gasteiger partial charge in [-0.25, -0.2) is 0 Å². The van der Waals surface area contributed by atoms with Crippen molar-refractivity contribution in [3.05, 3.63) is 30.7 Å². The third-order valence-corrected chi connectivity index (χ3v) is 1.54. The van der Waals surface area contributed by atoms with E-state index in [2.05, 4.69) is 10.1 Å². The van der Waals surface area contributed by atoms with E-state index in [4.69, 9.17) is 10.3 Å². The van der Waals surface area contributed by atoms with Crippen LogP contribution in [0, 0.1) is 0 Å². The number of nitrogens with two attached hydrogens (primary N) is 1. The van der Waals surface area contributed by atoms with Crippen molar-refractivity contribution >= 4 is 5.69 Å². The molecule has 2 heterocycles. The van der Waals surface area contributed by atoms with Gasteiger partial charge in [0.1, 0.15) is 5.69 Å². The summed E-state index contributed by atoms with van der Waals surface area (Å²) in [5.74, 6) is 0.595. The highest BCUT2D eigenvalue weighted by molar-refractivity contribution is 5.69. The van der Waals surface area contributed by atoms with E-state index in [1.165, 1.54) is 6.20 Å². The first-order valence-corrected chi connectivity index (χ1v) is 3.48. The van der Waals surface area contributed by atoms with Gasteiger partial charge in [0.2, 0.25) is 0 Å². The summed E-state index contributed by atoms with van der Waals surface area (Å²) in [4.78, 5) is 3.88. The first kappa shape index (κ1) is 6.84. The van der Waals surface area contributed by atoms with E-state index in [0.717, 1.165) is 5.56 Å².